The van der Waals surface area contributed by atoms with E-state index >= 15 is 0 Å². The monoisotopic (exact) mass is 306 g/mol. The van der Waals surface area contributed by atoms with Gasteiger partial charge in [-0.3, -0.25) is 4.79 Å². The van der Waals surface area contributed by atoms with Crippen molar-refractivity contribution in [2.75, 3.05) is 0 Å². The van der Waals surface area contributed by atoms with Crippen LogP contribution in [0, 0.1) is 13.8 Å². The van der Waals surface area contributed by atoms with E-state index in [-0.39, 0.29) is 11.9 Å². The first kappa shape index (κ1) is 15.3. The topological polar surface area (TPSA) is 44.9 Å². The Bertz CT molecular complexity index is 833. The quantitative estimate of drug-likeness (QED) is 0.745. The van der Waals surface area contributed by atoms with Crippen molar-refractivity contribution in [3.63, 3.8) is 0 Å². The maximum atomic E-state index is 12.4. The van der Waals surface area contributed by atoms with Crippen LogP contribution in [0.3, 0.4) is 0 Å². The van der Waals surface area contributed by atoms with Crippen molar-refractivity contribution in [1.29, 1.82) is 0 Å². The van der Waals surface area contributed by atoms with Crippen molar-refractivity contribution < 1.29 is 4.79 Å². The molecule has 118 valence electrons. The zero-order valence-electron chi connectivity index (χ0n) is 13.8. The van der Waals surface area contributed by atoms with E-state index in [9.17, 15) is 4.79 Å². The standard InChI is InChI=1S/C20H22N2O/c1-13-9-10-19-18(11-13)17(15(3)21-19)12-20(23)22-14(2)16-7-5-4-6-8-16/h4-11,14,21H,12H2,1-3H3,(H,22,23). The zero-order valence-corrected chi connectivity index (χ0v) is 13.8. The molecule has 1 amide bonds. The van der Waals surface area contributed by atoms with Crippen molar-refractivity contribution in [1.82, 2.24) is 10.3 Å². The Morgan fingerprint density at radius 1 is 1.13 bits per heavy atom. The third-order valence-electron chi connectivity index (χ3n) is 4.29. The molecule has 0 saturated carbocycles. The minimum absolute atomic E-state index is 0.0101. The summed E-state index contributed by atoms with van der Waals surface area (Å²) in [6, 6.07) is 16.3. The van der Waals surface area contributed by atoms with Gasteiger partial charge in [-0.15, -0.1) is 0 Å². The van der Waals surface area contributed by atoms with Gasteiger partial charge in [0.25, 0.3) is 0 Å². The number of benzene rings is 2. The summed E-state index contributed by atoms with van der Waals surface area (Å²) >= 11 is 0. The average molecular weight is 306 g/mol. The fraction of sp³-hybridized carbons (Fsp3) is 0.250. The molecular weight excluding hydrogens is 284 g/mol. The smallest absolute Gasteiger partial charge is 0.224 e. The molecule has 0 fully saturated rings. The number of carbonyl (C=O) groups excluding carboxylic acids is 1. The lowest BCUT2D eigenvalue weighted by atomic mass is 10.0. The second kappa shape index (κ2) is 6.29. The molecule has 0 aliphatic rings. The number of rotatable bonds is 4. The summed E-state index contributed by atoms with van der Waals surface area (Å²) in [4.78, 5) is 15.8. The summed E-state index contributed by atoms with van der Waals surface area (Å²) in [5.41, 5.74) is 5.56. The van der Waals surface area contributed by atoms with Crippen molar-refractivity contribution in [2.24, 2.45) is 0 Å². The van der Waals surface area contributed by atoms with Gasteiger partial charge in [-0.2, -0.15) is 0 Å². The maximum absolute atomic E-state index is 12.4. The first-order valence-electron chi connectivity index (χ1n) is 7.96. The third-order valence-corrected chi connectivity index (χ3v) is 4.29. The van der Waals surface area contributed by atoms with E-state index in [0.717, 1.165) is 27.7 Å². The van der Waals surface area contributed by atoms with Gasteiger partial charge in [0, 0.05) is 16.6 Å². The minimum Gasteiger partial charge on any atom is -0.358 e. The summed E-state index contributed by atoms with van der Waals surface area (Å²) in [6.45, 7) is 6.11. The minimum atomic E-state index is 0.0101. The molecule has 3 rings (SSSR count). The Morgan fingerprint density at radius 3 is 2.61 bits per heavy atom. The fourth-order valence-corrected chi connectivity index (χ4v) is 3.00. The molecule has 2 aromatic carbocycles. The summed E-state index contributed by atoms with van der Waals surface area (Å²) < 4.78 is 0. The van der Waals surface area contributed by atoms with Gasteiger partial charge in [0.05, 0.1) is 12.5 Å². The Balaban J connectivity index is 1.78. The van der Waals surface area contributed by atoms with E-state index in [1.165, 1.54) is 5.56 Å². The molecule has 0 saturated heterocycles. The van der Waals surface area contributed by atoms with E-state index in [1.54, 1.807) is 0 Å². The molecule has 1 heterocycles. The Hall–Kier alpha value is -2.55. The number of H-pyrrole nitrogens is 1. The predicted molar refractivity (Wildman–Crippen MR) is 94.5 cm³/mol. The zero-order chi connectivity index (χ0) is 16.4. The number of carbonyl (C=O) groups is 1. The van der Waals surface area contributed by atoms with Crippen molar-refractivity contribution in [3.8, 4) is 0 Å². The summed E-state index contributed by atoms with van der Waals surface area (Å²) in [5.74, 6) is 0.0480. The highest BCUT2D eigenvalue weighted by molar-refractivity contribution is 5.90. The van der Waals surface area contributed by atoms with Crippen LogP contribution in [0.5, 0.6) is 0 Å². The van der Waals surface area contributed by atoms with Crippen LogP contribution >= 0.6 is 0 Å². The van der Waals surface area contributed by atoms with E-state index < -0.39 is 0 Å². The van der Waals surface area contributed by atoms with E-state index in [4.69, 9.17) is 0 Å². The number of hydrogen-bond donors (Lipinski definition) is 2. The highest BCUT2D eigenvalue weighted by Gasteiger charge is 2.15. The van der Waals surface area contributed by atoms with Crippen LogP contribution in [-0.4, -0.2) is 10.9 Å². The van der Waals surface area contributed by atoms with Gasteiger partial charge in [0.15, 0.2) is 0 Å². The largest absolute Gasteiger partial charge is 0.358 e. The van der Waals surface area contributed by atoms with Crippen LogP contribution in [0.15, 0.2) is 48.5 Å². The van der Waals surface area contributed by atoms with E-state index in [2.05, 4.69) is 35.4 Å². The van der Waals surface area contributed by atoms with Crippen LogP contribution in [0.25, 0.3) is 10.9 Å². The van der Waals surface area contributed by atoms with Crippen LogP contribution in [0.2, 0.25) is 0 Å². The first-order valence-corrected chi connectivity index (χ1v) is 7.96. The molecule has 0 spiro atoms. The van der Waals surface area contributed by atoms with E-state index in [1.807, 2.05) is 44.2 Å². The molecule has 0 aliphatic carbocycles. The summed E-state index contributed by atoms with van der Waals surface area (Å²) in [5, 5.41) is 4.23. The second-order valence-electron chi connectivity index (χ2n) is 6.15. The molecule has 1 atom stereocenters. The normalized spacial score (nSPS) is 12.3. The van der Waals surface area contributed by atoms with Gasteiger partial charge >= 0.3 is 0 Å². The molecule has 2 N–H and O–H groups in total. The second-order valence-corrected chi connectivity index (χ2v) is 6.15. The first-order chi connectivity index (χ1) is 11.0. The molecule has 1 aromatic heterocycles. The van der Waals surface area contributed by atoms with Crippen molar-refractivity contribution >= 4 is 16.8 Å². The molecule has 0 bridgehead atoms. The lowest BCUT2D eigenvalue weighted by Gasteiger charge is -2.14. The number of aromatic nitrogens is 1. The molecule has 1 unspecified atom stereocenters. The molecule has 0 radical (unpaired) electrons. The third kappa shape index (κ3) is 3.29. The number of nitrogens with one attached hydrogen (secondary N) is 2. The Labute approximate surface area is 136 Å². The van der Waals surface area contributed by atoms with Crippen LogP contribution in [0.1, 0.15) is 35.3 Å². The van der Waals surface area contributed by atoms with Gasteiger partial charge in [-0.1, -0.05) is 42.0 Å². The number of hydrogen-bond acceptors (Lipinski definition) is 1. The fourth-order valence-electron chi connectivity index (χ4n) is 3.00. The molecule has 0 aliphatic heterocycles. The number of aryl methyl sites for hydroxylation is 2. The van der Waals surface area contributed by atoms with Crippen LogP contribution < -0.4 is 5.32 Å². The lowest BCUT2D eigenvalue weighted by molar-refractivity contribution is -0.121. The van der Waals surface area contributed by atoms with Gasteiger partial charge < -0.3 is 10.3 Å². The van der Waals surface area contributed by atoms with Gasteiger partial charge in [-0.25, -0.2) is 0 Å². The van der Waals surface area contributed by atoms with Crippen molar-refractivity contribution in [2.45, 2.75) is 33.2 Å². The maximum Gasteiger partial charge on any atom is 0.224 e. The average Bonchev–Trinajstić information content (AvgIpc) is 2.84. The number of fused-ring (bicyclic) bond motifs is 1. The van der Waals surface area contributed by atoms with Gasteiger partial charge in [0.1, 0.15) is 0 Å². The van der Waals surface area contributed by atoms with Crippen LogP contribution in [-0.2, 0) is 11.2 Å². The number of aromatic amines is 1. The van der Waals surface area contributed by atoms with Gasteiger partial charge in [-0.05, 0) is 44.0 Å². The Kier molecular flexibility index (Phi) is 4.20. The van der Waals surface area contributed by atoms with Gasteiger partial charge in [0.2, 0.25) is 5.91 Å². The summed E-state index contributed by atoms with van der Waals surface area (Å²) in [6.07, 6.45) is 0.395. The molecular formula is C20H22N2O. The van der Waals surface area contributed by atoms with E-state index in [0.29, 0.717) is 6.42 Å². The number of amides is 1. The lowest BCUT2D eigenvalue weighted by Crippen LogP contribution is -2.28. The molecule has 3 aromatic rings. The molecule has 23 heavy (non-hydrogen) atoms. The molecule has 3 heteroatoms. The predicted octanol–water partition coefficient (Wildman–Crippen LogP) is 4.20. The highest BCUT2D eigenvalue weighted by atomic mass is 16.1. The van der Waals surface area contributed by atoms with Crippen molar-refractivity contribution in [3.05, 3.63) is 70.9 Å². The molecule has 3 nitrogen and oxygen atoms in total. The SMILES string of the molecule is Cc1ccc2[nH]c(C)c(CC(=O)NC(C)c3ccccc3)c2c1. The van der Waals surface area contributed by atoms with Crippen LogP contribution in [0.4, 0.5) is 0 Å². The highest BCUT2D eigenvalue weighted by Crippen LogP contribution is 2.24. The summed E-state index contributed by atoms with van der Waals surface area (Å²) in [7, 11) is 0. The Morgan fingerprint density at radius 2 is 1.87 bits per heavy atom.